The first kappa shape index (κ1) is 14.3. The lowest BCUT2D eigenvalue weighted by Crippen LogP contribution is -2.20. The summed E-state index contributed by atoms with van der Waals surface area (Å²) < 4.78 is 1.52. The van der Waals surface area contributed by atoms with Gasteiger partial charge in [-0.2, -0.15) is 5.26 Å². The Balaban J connectivity index is 2.15. The van der Waals surface area contributed by atoms with Gasteiger partial charge in [-0.05, 0) is 24.3 Å². The molecule has 1 heterocycles. The highest BCUT2D eigenvalue weighted by Crippen LogP contribution is 2.31. The topological polar surface area (TPSA) is 83.8 Å². The van der Waals surface area contributed by atoms with Crippen LogP contribution in [0.3, 0.4) is 0 Å². The lowest BCUT2D eigenvalue weighted by atomic mass is 10.2. The van der Waals surface area contributed by atoms with Gasteiger partial charge in [0.2, 0.25) is 5.91 Å². The summed E-state index contributed by atoms with van der Waals surface area (Å²) in [7, 11) is 0. The summed E-state index contributed by atoms with van der Waals surface area (Å²) in [6.45, 7) is -0.00567. The molecule has 1 aromatic heterocycles. The minimum Gasteiger partial charge on any atom is -0.397 e. The van der Waals surface area contributed by atoms with Crippen LogP contribution in [0.1, 0.15) is 5.69 Å². The average molecular weight is 309 g/mol. The zero-order chi connectivity index (χ0) is 14.7. The number of halogens is 2. The molecule has 2 rings (SSSR count). The van der Waals surface area contributed by atoms with Crippen molar-refractivity contribution in [1.82, 2.24) is 4.57 Å². The molecule has 0 saturated heterocycles. The number of aromatic nitrogens is 1. The van der Waals surface area contributed by atoms with Gasteiger partial charge in [-0.15, -0.1) is 0 Å². The number of rotatable bonds is 3. The van der Waals surface area contributed by atoms with Crippen molar-refractivity contribution >= 4 is 40.5 Å². The van der Waals surface area contributed by atoms with Crippen LogP contribution in [0.25, 0.3) is 0 Å². The number of carbonyl (C=O) groups excluding carboxylic acids is 1. The normalized spacial score (nSPS) is 10.1. The molecule has 1 aromatic carbocycles. The third-order valence-electron chi connectivity index (χ3n) is 2.61. The molecule has 5 nitrogen and oxygen atoms in total. The molecule has 2 aromatic rings. The molecular formula is C13H10Cl2N4O. The van der Waals surface area contributed by atoms with Crippen molar-refractivity contribution < 1.29 is 4.79 Å². The number of nitrogens with two attached hydrogens (primary N) is 1. The van der Waals surface area contributed by atoms with Crippen LogP contribution >= 0.6 is 23.2 Å². The Kier molecular flexibility index (Phi) is 4.18. The molecule has 0 spiro atoms. The van der Waals surface area contributed by atoms with Crippen molar-refractivity contribution in [1.29, 1.82) is 5.26 Å². The van der Waals surface area contributed by atoms with E-state index in [9.17, 15) is 4.79 Å². The second-order valence-corrected chi connectivity index (χ2v) is 4.88. The zero-order valence-corrected chi connectivity index (χ0v) is 11.7. The number of hydrogen-bond donors (Lipinski definition) is 2. The molecular weight excluding hydrogens is 299 g/mol. The van der Waals surface area contributed by atoms with E-state index in [1.807, 2.05) is 6.07 Å². The van der Waals surface area contributed by atoms with E-state index in [1.54, 1.807) is 18.3 Å². The Bertz CT molecular complexity index is 680. The lowest BCUT2D eigenvalue weighted by molar-refractivity contribution is -0.116. The van der Waals surface area contributed by atoms with Crippen LogP contribution in [-0.2, 0) is 11.3 Å². The second-order valence-electron chi connectivity index (χ2n) is 4.03. The van der Waals surface area contributed by atoms with Crippen molar-refractivity contribution in [2.75, 3.05) is 11.1 Å². The Morgan fingerprint density at radius 3 is 2.85 bits per heavy atom. The molecule has 0 aliphatic heterocycles. The van der Waals surface area contributed by atoms with Crippen LogP contribution in [0.5, 0.6) is 0 Å². The number of nitriles is 1. The maximum atomic E-state index is 11.9. The molecule has 0 unspecified atom stereocenters. The molecule has 0 radical (unpaired) electrons. The van der Waals surface area contributed by atoms with E-state index in [2.05, 4.69) is 5.32 Å². The largest absolute Gasteiger partial charge is 0.397 e. The Labute approximate surface area is 125 Å². The van der Waals surface area contributed by atoms with Crippen LogP contribution in [0, 0.1) is 11.3 Å². The smallest absolute Gasteiger partial charge is 0.244 e. The Hall–Kier alpha value is -2.16. The van der Waals surface area contributed by atoms with Gasteiger partial charge in [-0.1, -0.05) is 23.2 Å². The van der Waals surface area contributed by atoms with E-state index in [1.165, 1.54) is 16.7 Å². The van der Waals surface area contributed by atoms with Gasteiger partial charge in [0.15, 0.2) is 0 Å². The third kappa shape index (κ3) is 3.05. The summed E-state index contributed by atoms with van der Waals surface area (Å²) in [4.78, 5) is 11.9. The summed E-state index contributed by atoms with van der Waals surface area (Å²) in [6, 6.07) is 8.29. The van der Waals surface area contributed by atoms with Crippen LogP contribution in [0.4, 0.5) is 11.4 Å². The highest BCUT2D eigenvalue weighted by Gasteiger charge is 2.12. The van der Waals surface area contributed by atoms with Crippen molar-refractivity contribution in [2.45, 2.75) is 6.54 Å². The first-order valence-electron chi connectivity index (χ1n) is 5.61. The van der Waals surface area contributed by atoms with Gasteiger partial charge in [-0.25, -0.2) is 0 Å². The van der Waals surface area contributed by atoms with Crippen LogP contribution in [0.15, 0.2) is 30.5 Å². The average Bonchev–Trinajstić information content (AvgIpc) is 2.81. The molecule has 0 fully saturated rings. The van der Waals surface area contributed by atoms with Gasteiger partial charge in [0.1, 0.15) is 18.3 Å². The first-order valence-corrected chi connectivity index (χ1v) is 6.36. The van der Waals surface area contributed by atoms with Crippen molar-refractivity contribution in [3.05, 3.63) is 46.2 Å². The lowest BCUT2D eigenvalue weighted by Gasteiger charge is -2.11. The van der Waals surface area contributed by atoms with E-state index in [0.29, 0.717) is 16.4 Å². The number of amides is 1. The van der Waals surface area contributed by atoms with Crippen LogP contribution in [0.2, 0.25) is 10.0 Å². The Morgan fingerprint density at radius 2 is 2.20 bits per heavy atom. The van der Waals surface area contributed by atoms with E-state index < -0.39 is 0 Å². The predicted molar refractivity (Wildman–Crippen MR) is 78.7 cm³/mol. The van der Waals surface area contributed by atoms with E-state index in [-0.39, 0.29) is 23.2 Å². The number of hydrogen-bond acceptors (Lipinski definition) is 3. The van der Waals surface area contributed by atoms with Crippen molar-refractivity contribution in [2.24, 2.45) is 0 Å². The number of benzene rings is 1. The molecule has 0 atom stereocenters. The minimum atomic E-state index is -0.339. The summed E-state index contributed by atoms with van der Waals surface area (Å²) in [5.41, 5.74) is 6.75. The van der Waals surface area contributed by atoms with Crippen LogP contribution in [-0.4, -0.2) is 10.5 Å². The molecule has 0 bridgehead atoms. The quantitative estimate of drug-likeness (QED) is 0.855. The van der Waals surface area contributed by atoms with Gasteiger partial charge >= 0.3 is 0 Å². The predicted octanol–water partition coefficient (Wildman–Crippen LogP) is 2.89. The standard InChI is InChI=1S/C13H10Cl2N4O/c14-8-4-10(15)13(11(17)5-8)18-12(20)7-19-3-1-2-9(19)6-16/h1-5H,7,17H2,(H,18,20). The maximum absolute atomic E-state index is 11.9. The number of nitrogens with one attached hydrogen (secondary N) is 1. The van der Waals surface area contributed by atoms with Gasteiger partial charge < -0.3 is 15.6 Å². The van der Waals surface area contributed by atoms with E-state index in [4.69, 9.17) is 34.2 Å². The maximum Gasteiger partial charge on any atom is 0.244 e. The van der Waals surface area contributed by atoms with Crippen LogP contribution < -0.4 is 11.1 Å². The molecule has 0 aliphatic rings. The molecule has 0 aliphatic carbocycles. The van der Waals surface area contributed by atoms with Crippen molar-refractivity contribution in [3.63, 3.8) is 0 Å². The van der Waals surface area contributed by atoms with Gasteiger partial charge in [0, 0.05) is 11.2 Å². The molecule has 1 amide bonds. The Morgan fingerprint density at radius 1 is 1.45 bits per heavy atom. The van der Waals surface area contributed by atoms with Gasteiger partial charge in [0.25, 0.3) is 0 Å². The zero-order valence-electron chi connectivity index (χ0n) is 10.2. The highest BCUT2D eigenvalue weighted by molar-refractivity contribution is 6.37. The number of anilines is 2. The number of nitrogen functional groups attached to an aromatic ring is 1. The highest BCUT2D eigenvalue weighted by atomic mass is 35.5. The number of carbonyl (C=O) groups is 1. The van der Waals surface area contributed by atoms with Crippen molar-refractivity contribution in [3.8, 4) is 6.07 Å². The molecule has 7 heteroatoms. The van der Waals surface area contributed by atoms with Gasteiger partial charge in [0.05, 0.1) is 16.4 Å². The SMILES string of the molecule is N#Cc1cccn1CC(=O)Nc1c(N)cc(Cl)cc1Cl. The first-order chi connectivity index (χ1) is 9.51. The molecule has 102 valence electrons. The fourth-order valence-electron chi connectivity index (χ4n) is 1.71. The van der Waals surface area contributed by atoms with E-state index in [0.717, 1.165) is 0 Å². The fourth-order valence-corrected chi connectivity index (χ4v) is 2.27. The number of nitrogens with zero attached hydrogens (tertiary/aromatic N) is 2. The fraction of sp³-hybridized carbons (Fsp3) is 0.0769. The summed E-state index contributed by atoms with van der Waals surface area (Å²) in [6.07, 6.45) is 1.64. The summed E-state index contributed by atoms with van der Waals surface area (Å²) in [5.74, 6) is -0.339. The van der Waals surface area contributed by atoms with Gasteiger partial charge in [-0.3, -0.25) is 4.79 Å². The minimum absolute atomic E-state index is 0.00567. The monoisotopic (exact) mass is 308 g/mol. The van der Waals surface area contributed by atoms with E-state index >= 15 is 0 Å². The third-order valence-corrected chi connectivity index (χ3v) is 3.12. The summed E-state index contributed by atoms with van der Waals surface area (Å²) >= 11 is 11.8. The second kappa shape index (κ2) is 5.87. The molecule has 3 N–H and O–H groups in total. The molecule has 20 heavy (non-hydrogen) atoms. The summed E-state index contributed by atoms with van der Waals surface area (Å²) in [5, 5.41) is 12.1. The molecule has 0 saturated carbocycles.